The van der Waals surface area contributed by atoms with E-state index in [4.69, 9.17) is 14.2 Å². The van der Waals surface area contributed by atoms with Crippen molar-refractivity contribution in [3.05, 3.63) is 72.0 Å². The Morgan fingerprint density at radius 2 is 1.83 bits per heavy atom. The van der Waals surface area contributed by atoms with Crippen LogP contribution in [-0.4, -0.2) is 51.4 Å². The molecule has 0 atom stereocenters. The molecule has 1 aromatic heterocycles. The molecule has 0 saturated heterocycles. The molecular weight excluding hydrogens is 497 g/mol. The molecule has 0 aliphatic heterocycles. The molecule has 2 N–H and O–H groups in total. The number of hydrogen-bond acceptors (Lipinski definition) is 8. The molecular formula is C27H30FN3O3S2. The van der Waals surface area contributed by atoms with Crippen LogP contribution < -0.4 is 20.1 Å². The largest absolute Gasteiger partial charge is 0.497 e. The van der Waals surface area contributed by atoms with E-state index < -0.39 is 0 Å². The Labute approximate surface area is 219 Å². The van der Waals surface area contributed by atoms with Crippen LogP contribution in [0.1, 0.15) is 5.56 Å². The molecule has 4 aromatic rings. The fourth-order valence-corrected chi connectivity index (χ4v) is 5.39. The standard InChI is InChI=1S/C27H30FN3O3S2/c1-32-18-34-25-10-5-20(27-31-23-9-6-21(28)16-26(23)36-27)15-24(25)30-12-11-29-13-14-35-17-19-3-7-22(33-2)8-4-19/h3-10,15-16,29-30H,11-14,17-18H2,1-2H3. The Balaban J connectivity index is 1.27. The second kappa shape index (κ2) is 13.5. The summed E-state index contributed by atoms with van der Waals surface area (Å²) in [5.74, 6) is 3.35. The molecule has 0 bridgehead atoms. The van der Waals surface area contributed by atoms with Crippen molar-refractivity contribution in [2.45, 2.75) is 5.75 Å². The topological polar surface area (TPSA) is 64.6 Å². The van der Waals surface area contributed by atoms with Crippen molar-refractivity contribution in [3.63, 3.8) is 0 Å². The molecule has 0 saturated carbocycles. The van der Waals surface area contributed by atoms with Crippen LogP contribution >= 0.6 is 23.1 Å². The van der Waals surface area contributed by atoms with Crippen LogP contribution in [0.4, 0.5) is 10.1 Å². The van der Waals surface area contributed by atoms with Crippen LogP contribution in [0.3, 0.4) is 0 Å². The lowest BCUT2D eigenvalue weighted by atomic mass is 10.2. The average Bonchev–Trinajstić information content (AvgIpc) is 3.33. The number of ether oxygens (including phenoxy) is 3. The molecule has 0 unspecified atom stereocenters. The summed E-state index contributed by atoms with van der Waals surface area (Å²) in [5, 5.41) is 7.77. The van der Waals surface area contributed by atoms with E-state index in [0.717, 1.165) is 63.4 Å². The highest BCUT2D eigenvalue weighted by atomic mass is 32.2. The second-order valence-corrected chi connectivity index (χ2v) is 10.1. The van der Waals surface area contributed by atoms with Crippen molar-refractivity contribution >= 4 is 39.0 Å². The lowest BCUT2D eigenvalue weighted by molar-refractivity contribution is 0.0516. The summed E-state index contributed by atoms with van der Waals surface area (Å²) in [7, 11) is 3.28. The van der Waals surface area contributed by atoms with Gasteiger partial charge in [0.15, 0.2) is 6.79 Å². The minimum absolute atomic E-state index is 0.165. The number of benzene rings is 3. The van der Waals surface area contributed by atoms with Gasteiger partial charge in [-0.2, -0.15) is 11.8 Å². The van der Waals surface area contributed by atoms with Gasteiger partial charge >= 0.3 is 0 Å². The number of halogens is 1. The van der Waals surface area contributed by atoms with Gasteiger partial charge in [0.2, 0.25) is 0 Å². The minimum atomic E-state index is -0.255. The summed E-state index contributed by atoms with van der Waals surface area (Å²) in [6.07, 6.45) is 0. The van der Waals surface area contributed by atoms with Gasteiger partial charge in [-0.05, 0) is 54.1 Å². The van der Waals surface area contributed by atoms with E-state index in [9.17, 15) is 4.39 Å². The van der Waals surface area contributed by atoms with Gasteiger partial charge < -0.3 is 24.8 Å². The van der Waals surface area contributed by atoms with Gasteiger partial charge in [-0.3, -0.25) is 0 Å². The van der Waals surface area contributed by atoms with E-state index >= 15 is 0 Å². The van der Waals surface area contributed by atoms with Crippen LogP contribution in [-0.2, 0) is 10.5 Å². The fourth-order valence-electron chi connectivity index (χ4n) is 3.54. The molecule has 0 aliphatic rings. The van der Waals surface area contributed by atoms with Gasteiger partial charge in [-0.25, -0.2) is 9.37 Å². The number of thioether (sulfide) groups is 1. The van der Waals surface area contributed by atoms with Crippen LogP contribution in [0.5, 0.6) is 11.5 Å². The van der Waals surface area contributed by atoms with Crippen molar-refractivity contribution in [1.29, 1.82) is 0 Å². The summed E-state index contributed by atoms with van der Waals surface area (Å²) in [6, 6.07) is 18.8. The Morgan fingerprint density at radius 1 is 0.972 bits per heavy atom. The lowest BCUT2D eigenvalue weighted by Crippen LogP contribution is -2.24. The van der Waals surface area contributed by atoms with Gasteiger partial charge in [0.25, 0.3) is 0 Å². The zero-order valence-electron chi connectivity index (χ0n) is 20.4. The summed E-state index contributed by atoms with van der Waals surface area (Å²) < 4.78 is 30.4. The van der Waals surface area contributed by atoms with Crippen molar-refractivity contribution in [2.75, 3.05) is 51.7 Å². The Morgan fingerprint density at radius 3 is 2.64 bits per heavy atom. The number of methoxy groups -OCH3 is 2. The predicted molar refractivity (Wildman–Crippen MR) is 148 cm³/mol. The van der Waals surface area contributed by atoms with Gasteiger partial charge in [-0.15, -0.1) is 11.3 Å². The van der Waals surface area contributed by atoms with E-state index in [1.807, 2.05) is 42.1 Å². The third-order valence-electron chi connectivity index (χ3n) is 5.38. The Kier molecular flexibility index (Phi) is 9.80. The first-order valence-electron chi connectivity index (χ1n) is 11.6. The van der Waals surface area contributed by atoms with Crippen LogP contribution in [0.15, 0.2) is 60.7 Å². The molecule has 3 aromatic carbocycles. The van der Waals surface area contributed by atoms with Crippen LogP contribution in [0.2, 0.25) is 0 Å². The molecule has 0 amide bonds. The fraction of sp³-hybridized carbons (Fsp3) is 0.296. The van der Waals surface area contributed by atoms with Crippen molar-refractivity contribution < 1.29 is 18.6 Å². The average molecular weight is 528 g/mol. The number of fused-ring (bicyclic) bond motifs is 1. The number of nitrogens with zero attached hydrogens (tertiary/aromatic N) is 1. The molecule has 9 heteroatoms. The first kappa shape index (κ1) is 26.2. The van der Waals surface area contributed by atoms with E-state index in [2.05, 4.69) is 27.8 Å². The van der Waals surface area contributed by atoms with E-state index in [1.54, 1.807) is 20.3 Å². The lowest BCUT2D eigenvalue weighted by Gasteiger charge is -2.14. The zero-order chi connectivity index (χ0) is 25.2. The first-order chi connectivity index (χ1) is 17.7. The summed E-state index contributed by atoms with van der Waals surface area (Å²) in [6.45, 7) is 2.65. The molecule has 4 rings (SSSR count). The molecule has 190 valence electrons. The SMILES string of the molecule is COCOc1ccc(-c2nc3ccc(F)cc3s2)cc1NCCNCCSCc1ccc(OC)cc1. The number of hydrogen-bond donors (Lipinski definition) is 2. The monoisotopic (exact) mass is 527 g/mol. The maximum Gasteiger partial charge on any atom is 0.188 e. The van der Waals surface area contributed by atoms with Crippen LogP contribution in [0, 0.1) is 5.82 Å². The third kappa shape index (κ3) is 7.33. The predicted octanol–water partition coefficient (Wildman–Crippen LogP) is 6.03. The Hall–Kier alpha value is -2.85. The first-order valence-corrected chi connectivity index (χ1v) is 13.6. The van der Waals surface area contributed by atoms with Crippen molar-refractivity contribution in [1.82, 2.24) is 10.3 Å². The summed E-state index contributed by atoms with van der Waals surface area (Å²) in [5.41, 5.74) is 3.90. The van der Waals surface area contributed by atoms with Gasteiger partial charge in [0.05, 0.1) is 23.0 Å². The normalized spacial score (nSPS) is 11.1. The quantitative estimate of drug-likeness (QED) is 0.153. The van der Waals surface area contributed by atoms with E-state index in [-0.39, 0.29) is 12.6 Å². The molecule has 0 radical (unpaired) electrons. The van der Waals surface area contributed by atoms with E-state index in [0.29, 0.717) is 5.75 Å². The highest BCUT2D eigenvalue weighted by molar-refractivity contribution is 7.98. The van der Waals surface area contributed by atoms with Gasteiger partial charge in [-0.1, -0.05) is 12.1 Å². The molecule has 36 heavy (non-hydrogen) atoms. The number of aromatic nitrogens is 1. The highest BCUT2D eigenvalue weighted by Gasteiger charge is 2.11. The smallest absolute Gasteiger partial charge is 0.188 e. The maximum atomic E-state index is 13.6. The summed E-state index contributed by atoms with van der Waals surface area (Å²) in [4.78, 5) is 4.66. The Bertz CT molecular complexity index is 1250. The van der Waals surface area contributed by atoms with Crippen molar-refractivity contribution in [3.8, 4) is 22.1 Å². The molecule has 1 heterocycles. The van der Waals surface area contributed by atoms with E-state index in [1.165, 1.54) is 29.0 Å². The highest BCUT2D eigenvalue weighted by Crippen LogP contribution is 2.35. The second-order valence-electron chi connectivity index (χ2n) is 7.97. The van der Waals surface area contributed by atoms with Gasteiger partial charge in [0.1, 0.15) is 22.3 Å². The van der Waals surface area contributed by atoms with Crippen LogP contribution in [0.25, 0.3) is 20.8 Å². The number of rotatable bonds is 14. The zero-order valence-corrected chi connectivity index (χ0v) is 22.0. The number of thiazole rings is 1. The van der Waals surface area contributed by atoms with Crippen molar-refractivity contribution in [2.24, 2.45) is 0 Å². The molecule has 0 spiro atoms. The molecule has 6 nitrogen and oxygen atoms in total. The molecule has 0 fully saturated rings. The third-order valence-corrected chi connectivity index (χ3v) is 7.47. The minimum Gasteiger partial charge on any atom is -0.497 e. The number of anilines is 1. The molecule has 0 aliphatic carbocycles. The number of nitrogens with one attached hydrogen (secondary N) is 2. The maximum absolute atomic E-state index is 13.6. The summed E-state index contributed by atoms with van der Waals surface area (Å²) >= 11 is 3.37. The van der Waals surface area contributed by atoms with Gasteiger partial charge in [0, 0.05) is 43.8 Å².